The monoisotopic (exact) mass is 409 g/mol. The fourth-order valence-electron chi connectivity index (χ4n) is 3.90. The van der Waals surface area contributed by atoms with Crippen LogP contribution in [0.2, 0.25) is 0 Å². The van der Waals surface area contributed by atoms with Gasteiger partial charge in [-0.15, -0.1) is 0 Å². The molecule has 0 spiro atoms. The molecule has 4 nitrogen and oxygen atoms in total. The minimum Gasteiger partial charge on any atom is -0.437 e. The van der Waals surface area contributed by atoms with E-state index in [1.807, 2.05) is 30.3 Å². The van der Waals surface area contributed by atoms with E-state index in [1.54, 1.807) is 24.3 Å². The molecule has 30 heavy (non-hydrogen) atoms. The van der Waals surface area contributed by atoms with Crippen LogP contribution in [0.3, 0.4) is 0 Å². The first-order valence-electron chi connectivity index (χ1n) is 9.75. The molecular weight excluding hydrogens is 388 g/mol. The number of anilines is 1. The lowest BCUT2D eigenvalue weighted by atomic mass is 9.86. The van der Waals surface area contributed by atoms with Crippen molar-refractivity contribution in [1.82, 2.24) is 0 Å². The number of hydrogen-bond donors (Lipinski definition) is 1. The van der Waals surface area contributed by atoms with Crippen LogP contribution in [-0.4, -0.2) is 24.4 Å². The summed E-state index contributed by atoms with van der Waals surface area (Å²) in [6, 6.07) is 19.6. The average molecular weight is 409 g/mol. The summed E-state index contributed by atoms with van der Waals surface area (Å²) >= 11 is 0. The van der Waals surface area contributed by atoms with Crippen LogP contribution in [0.1, 0.15) is 18.4 Å². The number of rotatable bonds is 5. The molecule has 1 fully saturated rings. The number of halogens is 2. The van der Waals surface area contributed by atoms with Gasteiger partial charge in [-0.1, -0.05) is 42.5 Å². The highest BCUT2D eigenvalue weighted by atomic mass is 19.1. The Hall–Kier alpha value is -3.25. The SMILES string of the molecule is O=C1O[C@](CCO)(c2ccccc2)CCN1c1cccc(-c2ccc(F)cc2F)c1. The number of aliphatic hydroxyl groups is 1. The van der Waals surface area contributed by atoms with E-state index < -0.39 is 23.3 Å². The van der Waals surface area contributed by atoms with Crippen LogP contribution < -0.4 is 4.90 Å². The lowest BCUT2D eigenvalue weighted by Crippen LogP contribution is -2.48. The molecule has 1 N–H and O–H groups in total. The maximum atomic E-state index is 14.2. The minimum atomic E-state index is -0.885. The van der Waals surface area contributed by atoms with Crippen molar-refractivity contribution in [3.8, 4) is 11.1 Å². The fraction of sp³-hybridized carbons (Fsp3) is 0.208. The van der Waals surface area contributed by atoms with E-state index in [2.05, 4.69) is 0 Å². The summed E-state index contributed by atoms with van der Waals surface area (Å²) in [6.07, 6.45) is 0.269. The van der Waals surface area contributed by atoms with Gasteiger partial charge in [-0.2, -0.15) is 0 Å². The van der Waals surface area contributed by atoms with Gasteiger partial charge in [0, 0.05) is 43.3 Å². The van der Waals surface area contributed by atoms with E-state index in [-0.39, 0.29) is 12.2 Å². The third kappa shape index (κ3) is 3.78. The van der Waals surface area contributed by atoms with E-state index in [0.29, 0.717) is 30.6 Å². The smallest absolute Gasteiger partial charge is 0.415 e. The largest absolute Gasteiger partial charge is 0.437 e. The standard InChI is InChI=1S/C24H21F2NO3/c25-19-9-10-21(22(26)16-19)17-5-4-8-20(15-17)27-13-11-24(12-14-28,30-23(27)29)18-6-2-1-3-7-18/h1-10,15-16,28H,11-14H2/t24-/m1/s1. The molecule has 0 aliphatic carbocycles. The molecule has 6 heteroatoms. The maximum Gasteiger partial charge on any atom is 0.415 e. The van der Waals surface area contributed by atoms with E-state index in [0.717, 1.165) is 11.6 Å². The Morgan fingerprint density at radius 3 is 2.50 bits per heavy atom. The Morgan fingerprint density at radius 2 is 1.80 bits per heavy atom. The number of carbonyl (C=O) groups excluding carboxylic acids is 1. The summed E-state index contributed by atoms with van der Waals surface area (Å²) in [5.74, 6) is -1.31. The fourth-order valence-corrected chi connectivity index (χ4v) is 3.90. The quantitative estimate of drug-likeness (QED) is 0.626. The summed E-state index contributed by atoms with van der Waals surface area (Å²) in [5, 5.41) is 9.56. The number of cyclic esters (lactones) is 1. The van der Waals surface area contributed by atoms with Gasteiger partial charge >= 0.3 is 6.09 Å². The summed E-state index contributed by atoms with van der Waals surface area (Å²) < 4.78 is 33.3. The second-order valence-corrected chi connectivity index (χ2v) is 7.28. The summed E-state index contributed by atoms with van der Waals surface area (Å²) in [5.41, 5.74) is 1.31. The predicted molar refractivity (Wildman–Crippen MR) is 110 cm³/mol. The van der Waals surface area contributed by atoms with Gasteiger partial charge in [-0.3, -0.25) is 4.90 Å². The van der Waals surface area contributed by atoms with Gasteiger partial charge in [-0.05, 0) is 35.4 Å². The second kappa shape index (κ2) is 8.24. The van der Waals surface area contributed by atoms with Crippen LogP contribution in [0.25, 0.3) is 11.1 Å². The first kappa shape index (κ1) is 20.0. The Balaban J connectivity index is 1.62. The van der Waals surface area contributed by atoms with Crippen molar-refractivity contribution in [2.24, 2.45) is 0 Å². The number of hydrogen-bond acceptors (Lipinski definition) is 3. The minimum absolute atomic E-state index is 0.110. The van der Waals surface area contributed by atoms with Crippen LogP contribution in [0.4, 0.5) is 19.3 Å². The molecule has 1 saturated heterocycles. The molecule has 1 aliphatic rings. The second-order valence-electron chi connectivity index (χ2n) is 7.28. The summed E-state index contributed by atoms with van der Waals surface area (Å²) in [4.78, 5) is 14.4. The van der Waals surface area contributed by atoms with Crippen molar-refractivity contribution in [3.05, 3.63) is 90.0 Å². The molecule has 0 bridgehead atoms. The van der Waals surface area contributed by atoms with Gasteiger partial charge in [0.15, 0.2) is 0 Å². The highest BCUT2D eigenvalue weighted by Gasteiger charge is 2.42. The topological polar surface area (TPSA) is 49.8 Å². The van der Waals surface area contributed by atoms with E-state index in [9.17, 15) is 18.7 Å². The van der Waals surface area contributed by atoms with Gasteiger partial charge < -0.3 is 9.84 Å². The Morgan fingerprint density at radius 1 is 1.00 bits per heavy atom. The molecule has 0 aromatic heterocycles. The van der Waals surface area contributed by atoms with Crippen molar-refractivity contribution in [2.75, 3.05) is 18.1 Å². The molecule has 0 radical (unpaired) electrons. The zero-order valence-corrected chi connectivity index (χ0v) is 16.2. The molecule has 1 heterocycles. The number of amides is 1. The highest BCUT2D eigenvalue weighted by molar-refractivity contribution is 5.90. The van der Waals surface area contributed by atoms with Gasteiger partial charge in [0.25, 0.3) is 0 Å². The Kier molecular flexibility index (Phi) is 5.50. The molecule has 1 atom stereocenters. The van der Waals surface area contributed by atoms with Crippen molar-refractivity contribution < 1.29 is 23.4 Å². The van der Waals surface area contributed by atoms with E-state index in [4.69, 9.17) is 4.74 Å². The number of carbonyl (C=O) groups is 1. The van der Waals surface area contributed by atoms with Crippen LogP contribution >= 0.6 is 0 Å². The van der Waals surface area contributed by atoms with Crippen molar-refractivity contribution in [3.63, 3.8) is 0 Å². The van der Waals surface area contributed by atoms with Crippen LogP contribution in [0.15, 0.2) is 72.8 Å². The first-order valence-corrected chi connectivity index (χ1v) is 9.75. The lowest BCUT2D eigenvalue weighted by molar-refractivity contribution is -0.0257. The molecule has 0 saturated carbocycles. The molecule has 154 valence electrons. The molecule has 0 unspecified atom stereocenters. The average Bonchev–Trinajstić information content (AvgIpc) is 2.75. The van der Waals surface area contributed by atoms with Gasteiger partial charge in [0.2, 0.25) is 0 Å². The number of ether oxygens (including phenoxy) is 1. The zero-order valence-electron chi connectivity index (χ0n) is 16.2. The number of nitrogens with zero attached hydrogens (tertiary/aromatic N) is 1. The van der Waals surface area contributed by atoms with Gasteiger partial charge in [0.05, 0.1) is 0 Å². The van der Waals surface area contributed by atoms with Crippen LogP contribution in [0.5, 0.6) is 0 Å². The van der Waals surface area contributed by atoms with Crippen molar-refractivity contribution >= 4 is 11.8 Å². The maximum absolute atomic E-state index is 14.2. The molecule has 3 aromatic rings. The zero-order chi connectivity index (χ0) is 21.1. The van der Waals surface area contributed by atoms with Crippen molar-refractivity contribution in [1.29, 1.82) is 0 Å². The summed E-state index contributed by atoms with van der Waals surface area (Å²) in [7, 11) is 0. The molecule has 4 rings (SSSR count). The van der Waals surface area contributed by atoms with Gasteiger partial charge in [0.1, 0.15) is 17.2 Å². The highest BCUT2D eigenvalue weighted by Crippen LogP contribution is 2.39. The normalized spacial score (nSPS) is 18.9. The third-order valence-electron chi connectivity index (χ3n) is 5.46. The van der Waals surface area contributed by atoms with Gasteiger partial charge in [-0.25, -0.2) is 13.6 Å². The summed E-state index contributed by atoms with van der Waals surface area (Å²) in [6.45, 7) is 0.268. The lowest BCUT2D eigenvalue weighted by Gasteiger charge is -2.41. The van der Waals surface area contributed by atoms with Crippen LogP contribution in [0, 0.1) is 11.6 Å². The molecule has 3 aromatic carbocycles. The molecular formula is C24H21F2NO3. The number of benzene rings is 3. The van der Waals surface area contributed by atoms with Crippen LogP contribution in [-0.2, 0) is 10.3 Å². The van der Waals surface area contributed by atoms with E-state index >= 15 is 0 Å². The van der Waals surface area contributed by atoms with Crippen molar-refractivity contribution in [2.45, 2.75) is 18.4 Å². The number of aliphatic hydroxyl groups excluding tert-OH is 1. The Bertz CT molecular complexity index is 1060. The molecule has 1 amide bonds. The third-order valence-corrected chi connectivity index (χ3v) is 5.46. The first-order chi connectivity index (χ1) is 14.5. The molecule has 1 aliphatic heterocycles. The predicted octanol–water partition coefficient (Wildman–Crippen LogP) is 5.26. The Labute approximate surface area is 173 Å². The van der Waals surface area contributed by atoms with E-state index in [1.165, 1.54) is 17.0 Å².